The summed E-state index contributed by atoms with van der Waals surface area (Å²) in [6.45, 7) is -0.239. The minimum absolute atomic E-state index is 0.172. The summed E-state index contributed by atoms with van der Waals surface area (Å²) in [7, 11) is 1.63. The van der Waals surface area contributed by atoms with Crippen molar-refractivity contribution < 1.29 is 29.5 Å². The average Bonchev–Trinajstić information content (AvgIpc) is 2.67. The van der Waals surface area contributed by atoms with Gasteiger partial charge in [-0.2, -0.15) is 0 Å². The third kappa shape index (κ3) is 4.34. The van der Waals surface area contributed by atoms with Gasteiger partial charge in [0.05, 0.1) is 25.9 Å². The van der Waals surface area contributed by atoms with Gasteiger partial charge in [0.15, 0.2) is 0 Å². The summed E-state index contributed by atoms with van der Waals surface area (Å²) in [4.78, 5) is 0. The average molecular weight is 360 g/mol. The number of ether oxygens (including phenoxy) is 3. The van der Waals surface area contributed by atoms with Crippen LogP contribution in [0, 0.1) is 0 Å². The van der Waals surface area contributed by atoms with E-state index in [1.54, 1.807) is 13.2 Å². The zero-order valence-electron chi connectivity index (χ0n) is 14.6. The first kappa shape index (κ1) is 18.7. The topological polar surface area (TPSA) is 88.4 Å². The molecule has 1 saturated heterocycles. The summed E-state index contributed by atoms with van der Waals surface area (Å²) < 4.78 is 16.6. The molecule has 6 heteroatoms. The summed E-state index contributed by atoms with van der Waals surface area (Å²) in [5.74, 6) is 1.36. The van der Waals surface area contributed by atoms with Crippen LogP contribution >= 0.6 is 0 Å². The second kappa shape index (κ2) is 8.51. The molecule has 0 radical (unpaired) electrons. The Balaban J connectivity index is 1.75. The van der Waals surface area contributed by atoms with Crippen LogP contribution in [0.5, 0.6) is 11.5 Å². The van der Waals surface area contributed by atoms with E-state index in [2.05, 4.69) is 0 Å². The summed E-state index contributed by atoms with van der Waals surface area (Å²) in [6, 6.07) is 15.2. The molecular formula is C20H24O6. The van der Waals surface area contributed by atoms with Crippen LogP contribution in [0.25, 0.3) is 0 Å². The lowest BCUT2D eigenvalue weighted by Gasteiger charge is -2.36. The molecule has 2 aromatic carbocycles. The van der Waals surface area contributed by atoms with Crippen molar-refractivity contribution in [2.45, 2.75) is 37.4 Å². The predicted molar refractivity (Wildman–Crippen MR) is 95.2 cm³/mol. The molecule has 4 atom stereocenters. The predicted octanol–water partition coefficient (Wildman–Crippen LogP) is 1.49. The Bertz CT molecular complexity index is 702. The molecule has 0 spiro atoms. The summed E-state index contributed by atoms with van der Waals surface area (Å²) in [6.07, 6.45) is -2.97. The van der Waals surface area contributed by atoms with Crippen LogP contribution in [0.4, 0.5) is 0 Å². The minimum atomic E-state index is -1.17. The molecule has 0 bridgehead atoms. The van der Waals surface area contributed by atoms with Crippen molar-refractivity contribution in [1.82, 2.24) is 0 Å². The number of methoxy groups -OCH3 is 1. The molecule has 0 aromatic heterocycles. The minimum Gasteiger partial charge on any atom is -0.497 e. The molecule has 1 aliphatic rings. The van der Waals surface area contributed by atoms with Crippen molar-refractivity contribution in [3.05, 3.63) is 59.7 Å². The van der Waals surface area contributed by atoms with E-state index in [9.17, 15) is 15.3 Å². The molecule has 1 fully saturated rings. The molecule has 140 valence electrons. The Morgan fingerprint density at radius 3 is 2.50 bits per heavy atom. The number of para-hydroxylation sites is 1. The lowest BCUT2D eigenvalue weighted by molar-refractivity contribution is -0.240. The molecule has 1 aliphatic heterocycles. The Labute approximate surface area is 152 Å². The highest BCUT2D eigenvalue weighted by atomic mass is 16.7. The zero-order valence-corrected chi connectivity index (χ0v) is 14.6. The fourth-order valence-corrected chi connectivity index (χ4v) is 2.98. The van der Waals surface area contributed by atoms with Crippen LogP contribution in [-0.4, -0.2) is 53.6 Å². The van der Waals surface area contributed by atoms with E-state index in [1.165, 1.54) is 0 Å². The van der Waals surface area contributed by atoms with Gasteiger partial charge in [-0.05, 0) is 29.3 Å². The van der Waals surface area contributed by atoms with Crippen molar-refractivity contribution in [3.63, 3.8) is 0 Å². The fraction of sp³-hybridized carbons (Fsp3) is 0.400. The molecule has 2 aromatic rings. The lowest BCUT2D eigenvalue weighted by atomic mass is 10.0. The van der Waals surface area contributed by atoms with Gasteiger partial charge in [0, 0.05) is 12.8 Å². The van der Waals surface area contributed by atoms with Gasteiger partial charge in [0.1, 0.15) is 17.6 Å². The monoisotopic (exact) mass is 360 g/mol. The van der Waals surface area contributed by atoms with Crippen LogP contribution in [0.2, 0.25) is 0 Å². The second-order valence-corrected chi connectivity index (χ2v) is 6.35. The van der Waals surface area contributed by atoms with Crippen LogP contribution in [0.1, 0.15) is 17.5 Å². The molecule has 26 heavy (non-hydrogen) atoms. The number of rotatable bonds is 6. The number of benzene rings is 2. The quantitative estimate of drug-likeness (QED) is 0.723. The molecule has 3 N–H and O–H groups in total. The maximum absolute atomic E-state index is 10.2. The van der Waals surface area contributed by atoms with Crippen molar-refractivity contribution in [2.24, 2.45) is 0 Å². The summed E-state index contributed by atoms with van der Waals surface area (Å²) >= 11 is 0. The first-order valence-corrected chi connectivity index (χ1v) is 8.60. The van der Waals surface area contributed by atoms with E-state index >= 15 is 0 Å². The third-order valence-electron chi connectivity index (χ3n) is 4.48. The van der Waals surface area contributed by atoms with Crippen molar-refractivity contribution in [1.29, 1.82) is 0 Å². The molecule has 0 aliphatic carbocycles. The van der Waals surface area contributed by atoms with E-state index in [0.29, 0.717) is 12.2 Å². The maximum atomic E-state index is 10.2. The third-order valence-corrected chi connectivity index (χ3v) is 4.48. The molecule has 6 nitrogen and oxygen atoms in total. The Morgan fingerprint density at radius 1 is 1.08 bits per heavy atom. The van der Waals surface area contributed by atoms with Crippen molar-refractivity contribution in [2.75, 3.05) is 13.7 Å². The van der Waals surface area contributed by atoms with Gasteiger partial charge >= 0.3 is 0 Å². The largest absolute Gasteiger partial charge is 0.497 e. The van der Waals surface area contributed by atoms with Crippen LogP contribution in [0.3, 0.4) is 0 Å². The maximum Gasteiger partial charge on any atom is 0.229 e. The molecule has 0 amide bonds. The molecular weight excluding hydrogens is 336 g/mol. The first-order chi connectivity index (χ1) is 12.6. The number of aliphatic hydroxyl groups is 3. The molecule has 0 saturated carbocycles. The van der Waals surface area contributed by atoms with E-state index in [-0.39, 0.29) is 13.0 Å². The summed E-state index contributed by atoms with van der Waals surface area (Å²) in [5.41, 5.74) is 2.01. The molecule has 0 unspecified atom stereocenters. The second-order valence-electron chi connectivity index (χ2n) is 6.35. The fourth-order valence-electron chi connectivity index (χ4n) is 2.98. The van der Waals surface area contributed by atoms with Gasteiger partial charge in [-0.1, -0.05) is 30.3 Å². The normalized spacial score (nSPS) is 25.7. The van der Waals surface area contributed by atoms with Gasteiger partial charge < -0.3 is 29.5 Å². The highest BCUT2D eigenvalue weighted by Crippen LogP contribution is 2.28. The van der Waals surface area contributed by atoms with Crippen LogP contribution < -0.4 is 9.47 Å². The summed E-state index contributed by atoms with van der Waals surface area (Å²) in [5, 5.41) is 29.4. The van der Waals surface area contributed by atoms with Crippen LogP contribution in [0.15, 0.2) is 48.5 Å². The highest BCUT2D eigenvalue weighted by Gasteiger charge is 2.38. The highest BCUT2D eigenvalue weighted by molar-refractivity contribution is 5.39. The number of aliphatic hydroxyl groups excluding tert-OH is 3. The molecule has 3 rings (SSSR count). The first-order valence-electron chi connectivity index (χ1n) is 8.60. The van der Waals surface area contributed by atoms with E-state index in [0.717, 1.165) is 16.9 Å². The lowest BCUT2D eigenvalue weighted by Crippen LogP contribution is -2.51. The SMILES string of the molecule is COc1ccc(Cc2ccccc2O[C@@H]2O[C@H](CO)C[C@H](O)[C@H]2O)cc1. The van der Waals surface area contributed by atoms with E-state index in [4.69, 9.17) is 14.2 Å². The number of hydrogen-bond donors (Lipinski definition) is 3. The zero-order chi connectivity index (χ0) is 18.5. The smallest absolute Gasteiger partial charge is 0.229 e. The van der Waals surface area contributed by atoms with Gasteiger partial charge in [0.25, 0.3) is 0 Å². The van der Waals surface area contributed by atoms with Crippen LogP contribution in [-0.2, 0) is 11.2 Å². The van der Waals surface area contributed by atoms with Crippen molar-refractivity contribution >= 4 is 0 Å². The Hall–Kier alpha value is -2.12. The standard InChI is InChI=1S/C20H24O6/c1-24-15-8-6-13(7-9-15)10-14-4-2-3-5-18(14)26-20-19(23)17(22)11-16(12-21)25-20/h2-9,16-17,19-23H,10-12H2,1H3/t16-,17-,19+,20-/m0/s1. The van der Waals surface area contributed by atoms with Crippen molar-refractivity contribution in [3.8, 4) is 11.5 Å². The number of hydrogen-bond acceptors (Lipinski definition) is 6. The Kier molecular flexibility index (Phi) is 6.11. The Morgan fingerprint density at radius 2 is 1.81 bits per heavy atom. The van der Waals surface area contributed by atoms with Gasteiger partial charge in [-0.25, -0.2) is 0 Å². The van der Waals surface area contributed by atoms with Gasteiger partial charge in [-0.15, -0.1) is 0 Å². The van der Waals surface area contributed by atoms with Gasteiger partial charge in [-0.3, -0.25) is 0 Å². The van der Waals surface area contributed by atoms with E-state index < -0.39 is 24.6 Å². The van der Waals surface area contributed by atoms with Gasteiger partial charge in [0.2, 0.25) is 6.29 Å². The van der Waals surface area contributed by atoms with E-state index in [1.807, 2.05) is 42.5 Å². The molecule has 1 heterocycles.